The fraction of sp³-hybridized carbons (Fsp3) is 0.267. The van der Waals surface area contributed by atoms with E-state index in [1.54, 1.807) is 12.3 Å². The van der Waals surface area contributed by atoms with Gasteiger partial charge in [0, 0.05) is 18.1 Å². The van der Waals surface area contributed by atoms with Gasteiger partial charge in [-0.1, -0.05) is 0 Å². The third kappa shape index (κ3) is 2.32. The predicted octanol–water partition coefficient (Wildman–Crippen LogP) is 1.89. The molecule has 4 rings (SSSR count). The number of alkyl halides is 2. The lowest BCUT2D eigenvalue weighted by Crippen LogP contribution is -2.27. The van der Waals surface area contributed by atoms with Gasteiger partial charge in [-0.15, -0.1) is 5.10 Å². The van der Waals surface area contributed by atoms with Crippen molar-refractivity contribution < 1.29 is 13.6 Å². The number of rotatable bonds is 3. The average molecular weight is 343 g/mol. The lowest BCUT2D eigenvalue weighted by molar-refractivity contribution is -0.119. The zero-order valence-electron chi connectivity index (χ0n) is 12.8. The summed E-state index contributed by atoms with van der Waals surface area (Å²) in [4.78, 5) is 17.8. The molecule has 0 radical (unpaired) electrons. The Labute approximate surface area is 139 Å². The van der Waals surface area contributed by atoms with Crippen LogP contribution in [0.25, 0.3) is 16.6 Å². The third-order valence-electron chi connectivity index (χ3n) is 4.11. The van der Waals surface area contributed by atoms with E-state index in [1.807, 2.05) is 6.07 Å². The molecule has 1 aliphatic rings. The lowest BCUT2D eigenvalue weighted by Gasteiger charge is -2.12. The minimum absolute atomic E-state index is 0.311. The summed E-state index contributed by atoms with van der Waals surface area (Å²) in [5.74, 6) is -0.622. The summed E-state index contributed by atoms with van der Waals surface area (Å²) >= 11 is 0. The number of aromatic nitrogens is 5. The molecule has 1 saturated heterocycles. The number of pyridine rings is 1. The minimum Gasteiger partial charge on any atom is -0.294 e. The van der Waals surface area contributed by atoms with Gasteiger partial charge in [0.25, 0.3) is 0 Å². The van der Waals surface area contributed by atoms with Gasteiger partial charge in [-0.3, -0.25) is 14.7 Å². The number of nitrogens with zero attached hydrogens (tertiary/aromatic N) is 7. The highest BCUT2D eigenvalue weighted by Gasteiger charge is 2.35. The molecule has 1 atom stereocenters. The van der Waals surface area contributed by atoms with Gasteiger partial charge < -0.3 is 0 Å². The first-order valence-corrected chi connectivity index (χ1v) is 7.46. The number of hydrogen-bond acceptors (Lipinski definition) is 5. The maximum Gasteiger partial charge on any atom is 0.333 e. The largest absolute Gasteiger partial charge is 0.333 e. The molecule has 25 heavy (non-hydrogen) atoms. The van der Waals surface area contributed by atoms with Gasteiger partial charge in [-0.25, -0.2) is 9.36 Å². The van der Waals surface area contributed by atoms with Crippen LogP contribution in [0.15, 0.2) is 30.9 Å². The Bertz CT molecular complexity index is 1000. The molecule has 1 amide bonds. The normalized spacial score (nSPS) is 17.6. The van der Waals surface area contributed by atoms with E-state index in [1.165, 1.54) is 22.0 Å². The highest BCUT2D eigenvalue weighted by atomic mass is 19.3. The molecule has 8 nitrogen and oxygen atoms in total. The average Bonchev–Trinajstić information content (AvgIpc) is 3.31. The number of halogens is 2. The van der Waals surface area contributed by atoms with E-state index in [4.69, 9.17) is 5.26 Å². The molecule has 1 aliphatic heterocycles. The molecule has 10 heteroatoms. The molecule has 1 fully saturated rings. The van der Waals surface area contributed by atoms with E-state index < -0.39 is 12.5 Å². The van der Waals surface area contributed by atoms with Crippen LogP contribution in [-0.2, 0) is 4.79 Å². The highest BCUT2D eigenvalue weighted by Crippen LogP contribution is 2.32. The van der Waals surface area contributed by atoms with Crippen molar-refractivity contribution in [3.8, 4) is 11.8 Å². The van der Waals surface area contributed by atoms with Crippen LogP contribution < -0.4 is 4.90 Å². The summed E-state index contributed by atoms with van der Waals surface area (Å²) in [6.45, 7) is -2.38. The summed E-state index contributed by atoms with van der Waals surface area (Å²) in [5.41, 5.74) is 0.882. The molecule has 3 aromatic rings. The second kappa shape index (κ2) is 5.62. The molecule has 0 aromatic carbocycles. The first-order chi connectivity index (χ1) is 12.1. The number of fused-ring (bicyclic) bond motifs is 1. The molecule has 4 heterocycles. The molecular weight excluding hydrogens is 332 g/mol. The van der Waals surface area contributed by atoms with Crippen molar-refractivity contribution >= 4 is 22.6 Å². The predicted molar refractivity (Wildman–Crippen MR) is 82.0 cm³/mol. The number of carbonyl (C=O) groups excluding carboxylic acids is 1. The monoisotopic (exact) mass is 343 g/mol. The van der Waals surface area contributed by atoms with Crippen LogP contribution in [0.5, 0.6) is 0 Å². The Kier molecular flexibility index (Phi) is 3.42. The maximum absolute atomic E-state index is 12.8. The molecule has 1 unspecified atom stereocenters. The van der Waals surface area contributed by atoms with Crippen molar-refractivity contribution in [2.24, 2.45) is 5.92 Å². The number of anilines is 1. The summed E-state index contributed by atoms with van der Waals surface area (Å²) < 4.78 is 27.5. The Morgan fingerprint density at radius 1 is 1.36 bits per heavy atom. The number of carbonyl (C=O) groups is 1. The first kappa shape index (κ1) is 15.2. The Morgan fingerprint density at radius 3 is 2.88 bits per heavy atom. The van der Waals surface area contributed by atoms with Crippen LogP contribution in [0.4, 0.5) is 14.6 Å². The van der Waals surface area contributed by atoms with Gasteiger partial charge in [0.05, 0.1) is 30.2 Å². The van der Waals surface area contributed by atoms with Gasteiger partial charge >= 0.3 is 6.55 Å². The summed E-state index contributed by atoms with van der Waals surface area (Å²) in [5, 5.41) is 17.7. The summed E-state index contributed by atoms with van der Waals surface area (Å²) in [7, 11) is 0. The van der Waals surface area contributed by atoms with Gasteiger partial charge in [0.15, 0.2) is 5.82 Å². The van der Waals surface area contributed by atoms with E-state index in [-0.39, 0.29) is 5.91 Å². The van der Waals surface area contributed by atoms with Gasteiger partial charge in [-0.2, -0.15) is 19.1 Å². The highest BCUT2D eigenvalue weighted by molar-refractivity contribution is 6.04. The van der Waals surface area contributed by atoms with Crippen LogP contribution in [0, 0.1) is 17.2 Å². The van der Waals surface area contributed by atoms with Crippen molar-refractivity contribution in [3.05, 3.63) is 30.9 Å². The fourth-order valence-corrected chi connectivity index (χ4v) is 2.90. The van der Waals surface area contributed by atoms with Gasteiger partial charge in [-0.05, 0) is 12.5 Å². The van der Waals surface area contributed by atoms with Crippen molar-refractivity contribution in [3.63, 3.8) is 0 Å². The number of hydrogen-bond donors (Lipinski definition) is 0. The molecule has 0 N–H and O–H groups in total. The van der Waals surface area contributed by atoms with Crippen LogP contribution in [-0.4, -0.2) is 37.0 Å². The molecule has 3 aromatic heterocycles. The molecule has 0 saturated carbocycles. The molecule has 0 aliphatic carbocycles. The molecule has 0 spiro atoms. The number of nitriles is 1. The maximum atomic E-state index is 12.8. The summed E-state index contributed by atoms with van der Waals surface area (Å²) in [6, 6.07) is 3.67. The van der Waals surface area contributed by atoms with Crippen molar-refractivity contribution in [2.75, 3.05) is 11.4 Å². The lowest BCUT2D eigenvalue weighted by atomic mass is 10.1. The molecule has 0 bridgehead atoms. The zero-order valence-corrected chi connectivity index (χ0v) is 12.8. The fourth-order valence-electron chi connectivity index (χ4n) is 2.90. The van der Waals surface area contributed by atoms with Gasteiger partial charge in [0.1, 0.15) is 11.6 Å². The van der Waals surface area contributed by atoms with E-state index in [9.17, 15) is 13.6 Å². The van der Waals surface area contributed by atoms with Crippen LogP contribution in [0.1, 0.15) is 13.0 Å². The smallest absolute Gasteiger partial charge is 0.294 e. The van der Waals surface area contributed by atoms with Crippen molar-refractivity contribution in [1.82, 2.24) is 24.5 Å². The first-order valence-electron chi connectivity index (χ1n) is 7.46. The molecular formula is C15H11F2N7O. The van der Waals surface area contributed by atoms with E-state index in [2.05, 4.69) is 15.2 Å². The summed E-state index contributed by atoms with van der Waals surface area (Å²) in [6.07, 6.45) is 5.95. The quantitative estimate of drug-likeness (QED) is 0.724. The van der Waals surface area contributed by atoms with Crippen molar-refractivity contribution in [1.29, 1.82) is 5.26 Å². The van der Waals surface area contributed by atoms with Crippen molar-refractivity contribution in [2.45, 2.75) is 13.0 Å². The second-order valence-corrected chi connectivity index (χ2v) is 5.54. The second-order valence-electron chi connectivity index (χ2n) is 5.54. The Hall–Kier alpha value is -3.35. The van der Waals surface area contributed by atoms with E-state index >= 15 is 0 Å². The van der Waals surface area contributed by atoms with Crippen LogP contribution >= 0.6 is 0 Å². The zero-order chi connectivity index (χ0) is 17.6. The SMILES string of the molecule is N#CC1CCN(c2nn(-c3cnn(C(F)F)c3)c3cnccc23)C1=O. The Balaban J connectivity index is 1.85. The number of amides is 1. The third-order valence-corrected chi connectivity index (χ3v) is 4.11. The topological polar surface area (TPSA) is 92.6 Å². The van der Waals surface area contributed by atoms with Crippen LogP contribution in [0.2, 0.25) is 0 Å². The van der Waals surface area contributed by atoms with E-state index in [0.29, 0.717) is 40.1 Å². The van der Waals surface area contributed by atoms with E-state index in [0.717, 1.165) is 6.20 Å². The Morgan fingerprint density at radius 2 is 2.20 bits per heavy atom. The molecule has 126 valence electrons. The standard InChI is InChI=1S/C15H11F2N7O/c16-15(17)23-8-10(6-20-23)24-12-7-19-3-1-11(12)13(21-24)22-4-2-9(5-18)14(22)25/h1,3,6-9,15H,2,4H2. The minimum atomic E-state index is -2.76. The van der Waals surface area contributed by atoms with Crippen LogP contribution in [0.3, 0.4) is 0 Å². The van der Waals surface area contributed by atoms with Gasteiger partial charge in [0.2, 0.25) is 5.91 Å².